The van der Waals surface area contributed by atoms with Gasteiger partial charge >= 0.3 is 6.18 Å². The zero-order valence-corrected chi connectivity index (χ0v) is 17.9. The summed E-state index contributed by atoms with van der Waals surface area (Å²) in [5, 5.41) is 2.79. The van der Waals surface area contributed by atoms with Crippen molar-refractivity contribution in [1.82, 2.24) is 5.32 Å². The molecule has 0 aromatic heterocycles. The second-order valence-electron chi connectivity index (χ2n) is 8.09. The molecule has 5 nitrogen and oxygen atoms in total. The van der Waals surface area contributed by atoms with Crippen LogP contribution in [0.25, 0.3) is 0 Å². The van der Waals surface area contributed by atoms with Crippen LogP contribution in [0.2, 0.25) is 0 Å². The maximum absolute atomic E-state index is 14.2. The first-order valence-electron chi connectivity index (χ1n) is 9.46. The van der Waals surface area contributed by atoms with E-state index in [1.54, 1.807) is 6.92 Å². The van der Waals surface area contributed by atoms with Gasteiger partial charge in [0.05, 0.1) is 23.5 Å². The van der Waals surface area contributed by atoms with Crippen molar-refractivity contribution in [2.24, 2.45) is 5.92 Å². The van der Waals surface area contributed by atoms with Crippen molar-refractivity contribution >= 4 is 21.6 Å². The van der Waals surface area contributed by atoms with Crippen molar-refractivity contribution in [3.05, 3.63) is 65.0 Å². The summed E-state index contributed by atoms with van der Waals surface area (Å²) < 4.78 is 77.0. The van der Waals surface area contributed by atoms with Gasteiger partial charge in [-0.15, -0.1) is 0 Å². The van der Waals surface area contributed by atoms with Crippen LogP contribution >= 0.6 is 0 Å². The summed E-state index contributed by atoms with van der Waals surface area (Å²) in [6.45, 7) is 3.48. The first kappa shape index (κ1) is 23.1. The van der Waals surface area contributed by atoms with Crippen LogP contribution in [0.1, 0.15) is 43.0 Å². The lowest BCUT2D eigenvalue weighted by Crippen LogP contribution is -2.30. The molecule has 10 heteroatoms. The Labute approximate surface area is 177 Å². The smallest absolute Gasteiger partial charge is 0.349 e. The maximum atomic E-state index is 14.2. The summed E-state index contributed by atoms with van der Waals surface area (Å²) in [6, 6.07) is 8.16. The van der Waals surface area contributed by atoms with E-state index in [9.17, 15) is 30.8 Å². The third-order valence-corrected chi connectivity index (χ3v) is 6.16. The zero-order chi connectivity index (χ0) is 23.2. The van der Waals surface area contributed by atoms with E-state index in [1.165, 1.54) is 24.3 Å². The molecule has 168 valence electrons. The monoisotopic (exact) mass is 458 g/mol. The van der Waals surface area contributed by atoms with Crippen LogP contribution in [0.15, 0.2) is 42.5 Å². The largest absolute Gasteiger partial charge is 0.416 e. The summed E-state index contributed by atoms with van der Waals surface area (Å²) in [4.78, 5) is 12.7. The van der Waals surface area contributed by atoms with Crippen LogP contribution < -0.4 is 10.0 Å². The van der Waals surface area contributed by atoms with Crippen molar-refractivity contribution in [2.45, 2.75) is 37.9 Å². The number of benzene rings is 2. The Morgan fingerprint density at radius 1 is 1.16 bits per heavy atom. The number of halogens is 4. The lowest BCUT2D eigenvalue weighted by Gasteiger charge is -2.18. The van der Waals surface area contributed by atoms with Gasteiger partial charge in [-0.2, -0.15) is 13.2 Å². The molecule has 0 saturated heterocycles. The first-order valence-corrected chi connectivity index (χ1v) is 11.4. The van der Waals surface area contributed by atoms with Gasteiger partial charge in [0.15, 0.2) is 0 Å². The lowest BCUT2D eigenvalue weighted by atomic mass is 9.94. The fourth-order valence-electron chi connectivity index (χ4n) is 3.59. The third kappa shape index (κ3) is 5.17. The van der Waals surface area contributed by atoms with Crippen LogP contribution in [0, 0.1) is 11.7 Å². The number of nitrogens with one attached hydrogen (secondary N) is 2. The van der Waals surface area contributed by atoms with Gasteiger partial charge in [-0.25, -0.2) is 12.8 Å². The number of hydrogen-bond acceptors (Lipinski definition) is 3. The van der Waals surface area contributed by atoms with Crippen LogP contribution in [0.4, 0.5) is 23.2 Å². The number of anilines is 1. The summed E-state index contributed by atoms with van der Waals surface area (Å²) in [6.07, 6.45) is -3.02. The molecule has 0 unspecified atom stereocenters. The molecule has 2 N–H and O–H groups in total. The number of hydrogen-bond donors (Lipinski definition) is 2. The predicted molar refractivity (Wildman–Crippen MR) is 108 cm³/mol. The van der Waals surface area contributed by atoms with Crippen LogP contribution in [0.5, 0.6) is 0 Å². The second-order valence-corrected chi connectivity index (χ2v) is 9.84. The molecule has 0 heterocycles. The summed E-state index contributed by atoms with van der Waals surface area (Å²) in [5.74, 6) is -1.47. The standard InChI is InChI=1S/C21H22F4N2O3S/c1-12(13-4-9-18(17(22)10-13)27-31(3,29)30)26-19(28)16-11-20(16,2)14-5-7-15(8-6-14)21(23,24)25/h4-10,12,16,27H,11H2,1-3H3,(H,26,28)/t12-,16-,20-/m1/s1. The molecule has 0 spiro atoms. The first-order chi connectivity index (χ1) is 14.2. The van der Waals surface area contributed by atoms with Gasteiger partial charge < -0.3 is 5.32 Å². The molecular formula is C21H22F4N2O3S. The third-order valence-electron chi connectivity index (χ3n) is 5.57. The molecule has 1 aliphatic carbocycles. The zero-order valence-electron chi connectivity index (χ0n) is 17.0. The Bertz CT molecular complexity index is 1100. The van der Waals surface area contributed by atoms with Gasteiger partial charge in [-0.3, -0.25) is 9.52 Å². The fourth-order valence-corrected chi connectivity index (χ4v) is 4.15. The van der Waals surface area contributed by atoms with E-state index in [0.717, 1.165) is 24.5 Å². The summed E-state index contributed by atoms with van der Waals surface area (Å²) >= 11 is 0. The quantitative estimate of drug-likeness (QED) is 0.632. The molecule has 0 bridgehead atoms. The number of carbonyl (C=O) groups is 1. The van der Waals surface area contributed by atoms with Gasteiger partial charge in [-0.05, 0) is 48.7 Å². The molecule has 0 aliphatic heterocycles. The highest BCUT2D eigenvalue weighted by Crippen LogP contribution is 2.54. The fraction of sp³-hybridized carbons (Fsp3) is 0.381. The van der Waals surface area contributed by atoms with Crippen LogP contribution in [0.3, 0.4) is 0 Å². The molecular weight excluding hydrogens is 436 g/mol. The Morgan fingerprint density at radius 3 is 2.29 bits per heavy atom. The van der Waals surface area contributed by atoms with E-state index in [4.69, 9.17) is 0 Å². The number of rotatable bonds is 6. The van der Waals surface area contributed by atoms with Gasteiger partial charge in [0, 0.05) is 11.3 Å². The highest BCUT2D eigenvalue weighted by atomic mass is 32.2. The molecule has 31 heavy (non-hydrogen) atoms. The molecule has 1 aliphatic rings. The maximum Gasteiger partial charge on any atom is 0.416 e. The average molecular weight is 458 g/mol. The molecule has 3 atom stereocenters. The van der Waals surface area contributed by atoms with Gasteiger partial charge in [0.2, 0.25) is 15.9 Å². The highest BCUT2D eigenvalue weighted by molar-refractivity contribution is 7.92. The molecule has 1 fully saturated rings. The van der Waals surface area contributed by atoms with Gasteiger partial charge in [0.25, 0.3) is 0 Å². The van der Waals surface area contributed by atoms with Crippen molar-refractivity contribution < 1.29 is 30.8 Å². The summed E-state index contributed by atoms with van der Waals surface area (Å²) in [7, 11) is -3.63. The Balaban J connectivity index is 1.66. The van der Waals surface area contributed by atoms with Crippen molar-refractivity contribution in [1.29, 1.82) is 0 Å². The molecule has 2 aromatic carbocycles. The lowest BCUT2D eigenvalue weighted by molar-refractivity contribution is -0.137. The number of amides is 1. The predicted octanol–water partition coefficient (Wildman–Crippen LogP) is 4.37. The van der Waals surface area contributed by atoms with E-state index in [0.29, 0.717) is 17.5 Å². The molecule has 3 rings (SSSR count). The minimum Gasteiger partial charge on any atom is -0.349 e. The minimum atomic E-state index is -4.42. The van der Waals surface area contributed by atoms with E-state index in [2.05, 4.69) is 10.0 Å². The van der Waals surface area contributed by atoms with E-state index < -0.39 is 45.0 Å². The van der Waals surface area contributed by atoms with Crippen molar-refractivity contribution in [2.75, 3.05) is 11.0 Å². The second kappa shape index (κ2) is 7.81. The molecule has 1 saturated carbocycles. The minimum absolute atomic E-state index is 0.193. The number of carbonyl (C=O) groups excluding carboxylic acids is 1. The van der Waals surface area contributed by atoms with Gasteiger partial charge in [0.1, 0.15) is 5.82 Å². The van der Waals surface area contributed by atoms with E-state index in [-0.39, 0.29) is 11.6 Å². The number of alkyl halides is 3. The SMILES string of the molecule is C[C@@H](NC(=O)[C@H]1C[C@]1(C)c1ccc(C(F)(F)F)cc1)c1ccc(NS(C)(=O)=O)c(F)c1. The number of sulfonamides is 1. The van der Waals surface area contributed by atoms with Crippen molar-refractivity contribution in [3.63, 3.8) is 0 Å². The topological polar surface area (TPSA) is 75.3 Å². The molecule has 0 radical (unpaired) electrons. The van der Waals surface area contributed by atoms with E-state index >= 15 is 0 Å². The van der Waals surface area contributed by atoms with E-state index in [1.807, 2.05) is 6.92 Å². The average Bonchev–Trinajstić information content (AvgIpc) is 3.35. The summed E-state index contributed by atoms with van der Waals surface area (Å²) in [5.41, 5.74) is -0.409. The van der Waals surface area contributed by atoms with Crippen molar-refractivity contribution in [3.8, 4) is 0 Å². The molecule has 2 aromatic rings. The normalized spacial score (nSPS) is 22.0. The highest BCUT2D eigenvalue weighted by Gasteiger charge is 2.55. The van der Waals surface area contributed by atoms with Gasteiger partial charge in [-0.1, -0.05) is 25.1 Å². The van der Waals surface area contributed by atoms with Crippen LogP contribution in [-0.4, -0.2) is 20.6 Å². The Kier molecular flexibility index (Phi) is 5.81. The Morgan fingerprint density at radius 2 is 1.77 bits per heavy atom. The Hall–Kier alpha value is -2.62. The van der Waals surface area contributed by atoms with Crippen LogP contribution in [-0.2, 0) is 26.4 Å². The molecule has 1 amide bonds.